The monoisotopic (exact) mass is 371 g/mol. The van der Waals surface area contributed by atoms with Crippen LogP contribution in [0.5, 0.6) is 0 Å². The Morgan fingerprint density at radius 1 is 1.25 bits per heavy atom. The first-order chi connectivity index (χ1) is 9.16. The van der Waals surface area contributed by atoms with Crippen molar-refractivity contribution in [3.8, 4) is 0 Å². The van der Waals surface area contributed by atoms with Gasteiger partial charge < -0.3 is 5.32 Å². The summed E-state index contributed by atoms with van der Waals surface area (Å²) in [7, 11) is -3.10. The fourth-order valence-corrected chi connectivity index (χ4v) is 4.34. The van der Waals surface area contributed by atoms with E-state index in [-0.39, 0.29) is 23.2 Å². The normalized spacial score (nSPS) is 22.5. The van der Waals surface area contributed by atoms with Crippen LogP contribution in [0.15, 0.2) is 22.7 Å². The Balaban J connectivity index is 2.19. The molecule has 3 nitrogen and oxygen atoms in total. The molecule has 0 bridgehead atoms. The highest BCUT2D eigenvalue weighted by Crippen LogP contribution is 2.33. The molecule has 1 atom stereocenters. The number of anilines is 1. The number of sulfone groups is 1. The molecule has 1 aliphatic heterocycles. The van der Waals surface area contributed by atoms with Crippen molar-refractivity contribution in [1.29, 1.82) is 0 Å². The van der Waals surface area contributed by atoms with E-state index in [2.05, 4.69) is 21.2 Å². The van der Waals surface area contributed by atoms with Crippen LogP contribution in [0.25, 0.3) is 0 Å². The highest BCUT2D eigenvalue weighted by atomic mass is 79.9. The van der Waals surface area contributed by atoms with Crippen LogP contribution in [0.1, 0.15) is 18.4 Å². The summed E-state index contributed by atoms with van der Waals surface area (Å²) in [4.78, 5) is 0. The molecule has 8 heteroatoms. The summed E-state index contributed by atoms with van der Waals surface area (Å²) >= 11 is 3.03. The molecule has 20 heavy (non-hydrogen) atoms. The van der Waals surface area contributed by atoms with Gasteiger partial charge in [0.05, 0.1) is 17.1 Å². The SMILES string of the molecule is O=S1(=O)CCCC(Nc2cc(Br)cc(C(F)(F)F)c2)C1. The Morgan fingerprint density at radius 3 is 2.55 bits per heavy atom. The van der Waals surface area contributed by atoms with Crippen molar-refractivity contribution in [2.24, 2.45) is 0 Å². The molecule has 1 fully saturated rings. The molecule has 0 radical (unpaired) electrons. The minimum atomic E-state index is -4.43. The Kier molecular flexibility index (Phi) is 4.34. The van der Waals surface area contributed by atoms with Crippen molar-refractivity contribution >= 4 is 31.5 Å². The van der Waals surface area contributed by atoms with Crippen LogP contribution in [0.2, 0.25) is 0 Å². The van der Waals surface area contributed by atoms with Crippen LogP contribution in [0.3, 0.4) is 0 Å². The molecule has 1 aliphatic rings. The highest BCUT2D eigenvalue weighted by Gasteiger charge is 2.31. The zero-order valence-corrected chi connectivity index (χ0v) is 12.8. The van der Waals surface area contributed by atoms with E-state index in [4.69, 9.17) is 0 Å². The van der Waals surface area contributed by atoms with Crippen LogP contribution >= 0.6 is 15.9 Å². The Hall–Kier alpha value is -0.760. The average molecular weight is 372 g/mol. The van der Waals surface area contributed by atoms with Crippen molar-refractivity contribution in [3.05, 3.63) is 28.2 Å². The third-order valence-corrected chi connectivity index (χ3v) is 5.34. The number of benzene rings is 1. The standard InChI is InChI=1S/C12H13BrF3NO2S/c13-9-4-8(12(14,15)16)5-11(6-9)17-10-2-1-3-20(18,19)7-10/h4-6,10,17H,1-3,7H2. The van der Waals surface area contributed by atoms with Gasteiger partial charge in [0, 0.05) is 16.2 Å². The molecule has 0 amide bonds. The molecular weight excluding hydrogens is 359 g/mol. The summed E-state index contributed by atoms with van der Waals surface area (Å²) in [6.45, 7) is 0. The summed E-state index contributed by atoms with van der Waals surface area (Å²) in [6.07, 6.45) is -3.27. The molecule has 112 valence electrons. The third kappa shape index (κ3) is 4.12. The highest BCUT2D eigenvalue weighted by molar-refractivity contribution is 9.10. The zero-order chi connectivity index (χ0) is 15.0. The number of rotatable bonds is 2. The maximum Gasteiger partial charge on any atom is 0.416 e. The van der Waals surface area contributed by atoms with Gasteiger partial charge in [-0.1, -0.05) is 15.9 Å². The number of nitrogens with one attached hydrogen (secondary N) is 1. The molecule has 0 saturated carbocycles. The van der Waals surface area contributed by atoms with Gasteiger partial charge >= 0.3 is 6.18 Å². The molecule has 1 heterocycles. The number of alkyl halides is 3. The molecule has 1 aromatic rings. The van der Waals surface area contributed by atoms with Crippen molar-refractivity contribution in [2.45, 2.75) is 25.1 Å². The number of hydrogen-bond donors (Lipinski definition) is 1. The maximum absolute atomic E-state index is 12.7. The molecule has 1 N–H and O–H groups in total. The van der Waals surface area contributed by atoms with Gasteiger partial charge in [-0.25, -0.2) is 8.42 Å². The Bertz CT molecular complexity index is 601. The minimum absolute atomic E-state index is 0.0408. The number of hydrogen-bond acceptors (Lipinski definition) is 3. The average Bonchev–Trinajstić information content (AvgIpc) is 2.25. The van der Waals surface area contributed by atoms with Gasteiger partial charge in [0.15, 0.2) is 9.84 Å². The predicted octanol–water partition coefficient (Wildman–Crippen LogP) is 3.46. The molecule has 0 spiro atoms. The van der Waals surface area contributed by atoms with E-state index in [1.54, 1.807) is 0 Å². The van der Waals surface area contributed by atoms with E-state index >= 15 is 0 Å². The smallest absolute Gasteiger partial charge is 0.381 e. The lowest BCUT2D eigenvalue weighted by Crippen LogP contribution is -2.34. The molecule has 2 rings (SSSR count). The largest absolute Gasteiger partial charge is 0.416 e. The third-order valence-electron chi connectivity index (χ3n) is 3.06. The lowest BCUT2D eigenvalue weighted by atomic mass is 10.1. The molecule has 0 aliphatic carbocycles. The quantitative estimate of drug-likeness (QED) is 0.865. The molecule has 1 unspecified atom stereocenters. The summed E-state index contributed by atoms with van der Waals surface area (Å²) in [5, 5.41) is 2.88. The molecular formula is C12H13BrF3NO2S. The first-order valence-electron chi connectivity index (χ1n) is 6.00. The van der Waals surface area contributed by atoms with Gasteiger partial charge in [0.25, 0.3) is 0 Å². The van der Waals surface area contributed by atoms with E-state index in [9.17, 15) is 21.6 Å². The molecule has 1 saturated heterocycles. The van der Waals surface area contributed by atoms with Crippen molar-refractivity contribution < 1.29 is 21.6 Å². The van der Waals surface area contributed by atoms with Gasteiger partial charge in [-0.15, -0.1) is 0 Å². The summed E-state index contributed by atoms with van der Waals surface area (Å²) in [5.74, 6) is 0.109. The Labute approximate surface area is 123 Å². The van der Waals surface area contributed by atoms with Crippen LogP contribution in [-0.2, 0) is 16.0 Å². The lowest BCUT2D eigenvalue weighted by Gasteiger charge is -2.24. The van der Waals surface area contributed by atoms with Gasteiger partial charge in [-0.05, 0) is 31.0 Å². The first kappa shape index (κ1) is 15.6. The Morgan fingerprint density at radius 2 is 1.95 bits per heavy atom. The lowest BCUT2D eigenvalue weighted by molar-refractivity contribution is -0.137. The van der Waals surface area contributed by atoms with Gasteiger partial charge in [-0.2, -0.15) is 13.2 Å². The van der Waals surface area contributed by atoms with E-state index in [1.165, 1.54) is 6.07 Å². The fraction of sp³-hybridized carbons (Fsp3) is 0.500. The minimum Gasteiger partial charge on any atom is -0.381 e. The summed E-state index contributed by atoms with van der Waals surface area (Å²) in [6, 6.07) is 3.15. The van der Waals surface area contributed by atoms with Crippen LogP contribution in [-0.4, -0.2) is 26.0 Å². The van der Waals surface area contributed by atoms with Crippen LogP contribution in [0, 0.1) is 0 Å². The fourth-order valence-electron chi connectivity index (χ4n) is 2.21. The zero-order valence-electron chi connectivity index (χ0n) is 10.4. The van der Waals surface area contributed by atoms with Crippen LogP contribution < -0.4 is 5.32 Å². The van der Waals surface area contributed by atoms with Crippen molar-refractivity contribution in [1.82, 2.24) is 0 Å². The van der Waals surface area contributed by atoms with Gasteiger partial charge in [-0.3, -0.25) is 0 Å². The van der Waals surface area contributed by atoms with E-state index in [1.807, 2.05) is 0 Å². The summed E-state index contributed by atoms with van der Waals surface area (Å²) in [5.41, 5.74) is -0.498. The van der Waals surface area contributed by atoms with E-state index < -0.39 is 21.6 Å². The second-order valence-corrected chi connectivity index (χ2v) is 7.97. The second-order valence-electron chi connectivity index (χ2n) is 4.82. The van der Waals surface area contributed by atoms with Crippen LogP contribution in [0.4, 0.5) is 18.9 Å². The second kappa shape index (κ2) is 5.55. The number of halogens is 4. The van der Waals surface area contributed by atoms with Crippen molar-refractivity contribution in [2.75, 3.05) is 16.8 Å². The van der Waals surface area contributed by atoms with Gasteiger partial charge in [0.2, 0.25) is 0 Å². The maximum atomic E-state index is 12.7. The first-order valence-corrected chi connectivity index (χ1v) is 8.62. The van der Waals surface area contributed by atoms with E-state index in [0.29, 0.717) is 17.3 Å². The van der Waals surface area contributed by atoms with E-state index in [0.717, 1.165) is 12.1 Å². The molecule has 1 aromatic carbocycles. The van der Waals surface area contributed by atoms with Crippen molar-refractivity contribution in [3.63, 3.8) is 0 Å². The van der Waals surface area contributed by atoms with Gasteiger partial charge in [0.1, 0.15) is 0 Å². The predicted molar refractivity (Wildman–Crippen MR) is 74.4 cm³/mol. The summed E-state index contributed by atoms with van der Waals surface area (Å²) < 4.78 is 61.4. The topological polar surface area (TPSA) is 46.2 Å². The molecule has 0 aromatic heterocycles.